The minimum absolute atomic E-state index is 0.0583. The van der Waals surface area contributed by atoms with Crippen LogP contribution in [0.1, 0.15) is 41.6 Å². The Hall–Kier alpha value is -3.33. The number of benzene rings is 1. The Labute approximate surface area is 184 Å². The number of rotatable bonds is 10. The zero-order valence-corrected chi connectivity index (χ0v) is 18.5. The second-order valence-electron chi connectivity index (χ2n) is 6.78. The number of methoxy groups -OCH3 is 1. The highest BCUT2D eigenvalue weighted by Gasteiger charge is 2.15. The van der Waals surface area contributed by atoms with Gasteiger partial charge < -0.3 is 19.2 Å². The Balaban J connectivity index is 1.62. The summed E-state index contributed by atoms with van der Waals surface area (Å²) >= 11 is 1.25. The van der Waals surface area contributed by atoms with E-state index < -0.39 is 0 Å². The van der Waals surface area contributed by atoms with Gasteiger partial charge in [0.1, 0.15) is 17.3 Å². The third-order valence-electron chi connectivity index (χ3n) is 4.43. The minimum atomic E-state index is -0.304. The maximum Gasteiger partial charge on any atom is 0.260 e. The van der Waals surface area contributed by atoms with E-state index in [1.165, 1.54) is 17.6 Å². The summed E-state index contributed by atoms with van der Waals surface area (Å²) in [5.41, 5.74) is 1.54. The number of amides is 2. The lowest BCUT2D eigenvalue weighted by Gasteiger charge is -2.13. The third-order valence-corrected chi connectivity index (χ3v) is 5.24. The largest absolute Gasteiger partial charge is 0.497 e. The van der Waals surface area contributed by atoms with Crippen LogP contribution in [-0.2, 0) is 11.2 Å². The highest BCUT2D eigenvalue weighted by atomic mass is 32.1. The van der Waals surface area contributed by atoms with Gasteiger partial charge in [0.05, 0.1) is 43.3 Å². The van der Waals surface area contributed by atoms with Gasteiger partial charge in [0, 0.05) is 11.4 Å². The van der Waals surface area contributed by atoms with Crippen LogP contribution in [0, 0.1) is 6.92 Å². The molecule has 0 aliphatic rings. The molecule has 0 spiro atoms. The van der Waals surface area contributed by atoms with Crippen molar-refractivity contribution in [1.82, 2.24) is 4.98 Å². The summed E-state index contributed by atoms with van der Waals surface area (Å²) in [4.78, 5) is 29.2. The molecule has 31 heavy (non-hydrogen) atoms. The Kier molecular flexibility index (Phi) is 7.66. The molecule has 3 aromatic rings. The van der Waals surface area contributed by atoms with Crippen molar-refractivity contribution in [2.45, 2.75) is 33.1 Å². The molecule has 0 saturated carbocycles. The van der Waals surface area contributed by atoms with Crippen LogP contribution in [0.2, 0.25) is 0 Å². The number of nitrogens with zero attached hydrogens (tertiary/aromatic N) is 1. The maximum absolute atomic E-state index is 12.6. The number of nitrogens with one attached hydrogen (secondary N) is 2. The summed E-state index contributed by atoms with van der Waals surface area (Å²) < 4.78 is 16.2. The summed E-state index contributed by atoms with van der Waals surface area (Å²) in [5, 5.41) is 7.74. The van der Waals surface area contributed by atoms with Crippen molar-refractivity contribution in [1.29, 1.82) is 0 Å². The summed E-state index contributed by atoms with van der Waals surface area (Å²) in [6.45, 7) is 4.36. The van der Waals surface area contributed by atoms with Crippen molar-refractivity contribution in [2.24, 2.45) is 0 Å². The van der Waals surface area contributed by atoms with E-state index in [0.717, 1.165) is 12.8 Å². The van der Waals surface area contributed by atoms with Crippen molar-refractivity contribution in [3.63, 3.8) is 0 Å². The van der Waals surface area contributed by atoms with E-state index in [2.05, 4.69) is 22.5 Å². The predicted octanol–water partition coefficient (Wildman–Crippen LogP) is 4.67. The quantitative estimate of drug-likeness (QED) is 0.442. The lowest BCUT2D eigenvalue weighted by atomic mass is 10.2. The summed E-state index contributed by atoms with van der Waals surface area (Å²) in [7, 11) is 1.56. The summed E-state index contributed by atoms with van der Waals surface area (Å²) in [5.74, 6) is 1.18. The molecule has 0 radical (unpaired) electrons. The van der Waals surface area contributed by atoms with E-state index in [9.17, 15) is 9.59 Å². The Bertz CT molecular complexity index is 1040. The van der Waals surface area contributed by atoms with Gasteiger partial charge in [-0.05, 0) is 31.5 Å². The van der Waals surface area contributed by atoms with Gasteiger partial charge in [-0.1, -0.05) is 13.3 Å². The van der Waals surface area contributed by atoms with Crippen LogP contribution in [-0.4, -0.2) is 30.5 Å². The molecular weight excluding hydrogens is 418 g/mol. The number of aromatic nitrogens is 1. The van der Waals surface area contributed by atoms with E-state index >= 15 is 0 Å². The fourth-order valence-corrected chi connectivity index (χ4v) is 3.48. The van der Waals surface area contributed by atoms with E-state index in [-0.39, 0.29) is 18.2 Å². The lowest BCUT2D eigenvalue weighted by Crippen LogP contribution is -2.16. The molecule has 9 heteroatoms. The monoisotopic (exact) mass is 443 g/mol. The fourth-order valence-electron chi connectivity index (χ4n) is 2.78. The molecule has 2 heterocycles. The van der Waals surface area contributed by atoms with Gasteiger partial charge >= 0.3 is 0 Å². The molecule has 1 aromatic carbocycles. The van der Waals surface area contributed by atoms with Crippen molar-refractivity contribution < 1.29 is 23.5 Å². The van der Waals surface area contributed by atoms with Crippen LogP contribution < -0.4 is 20.1 Å². The first-order chi connectivity index (χ1) is 15.0. The van der Waals surface area contributed by atoms with Crippen LogP contribution in [0.15, 0.2) is 40.3 Å². The number of thiazole rings is 1. The average Bonchev–Trinajstić information content (AvgIpc) is 3.37. The van der Waals surface area contributed by atoms with Crippen molar-refractivity contribution >= 4 is 34.0 Å². The minimum Gasteiger partial charge on any atom is -0.497 e. The highest BCUT2D eigenvalue weighted by molar-refractivity contribution is 7.14. The zero-order chi connectivity index (χ0) is 22.2. The molecule has 0 aliphatic heterocycles. The average molecular weight is 444 g/mol. The summed E-state index contributed by atoms with van der Waals surface area (Å²) in [6, 6.07) is 6.88. The van der Waals surface area contributed by atoms with Gasteiger partial charge in [-0.3, -0.25) is 14.9 Å². The van der Waals surface area contributed by atoms with Gasteiger partial charge in [0.25, 0.3) is 5.91 Å². The number of carbonyl (C=O) groups is 2. The first-order valence-electron chi connectivity index (χ1n) is 9.90. The number of hydrogen-bond acceptors (Lipinski definition) is 7. The maximum atomic E-state index is 12.6. The van der Waals surface area contributed by atoms with Crippen molar-refractivity contribution in [3.8, 4) is 11.5 Å². The summed E-state index contributed by atoms with van der Waals surface area (Å²) in [6.07, 6.45) is 3.45. The number of hydrogen-bond donors (Lipinski definition) is 2. The van der Waals surface area contributed by atoms with Gasteiger partial charge in [-0.2, -0.15) is 0 Å². The van der Waals surface area contributed by atoms with E-state index in [4.69, 9.17) is 13.9 Å². The van der Waals surface area contributed by atoms with E-state index in [1.807, 2.05) is 0 Å². The fraction of sp³-hybridized carbons (Fsp3) is 0.318. The number of aryl methyl sites for hydroxylation is 1. The molecular formula is C22H25N3O5S. The topological polar surface area (TPSA) is 103 Å². The molecule has 0 atom stereocenters. The van der Waals surface area contributed by atoms with E-state index in [1.54, 1.807) is 43.7 Å². The van der Waals surface area contributed by atoms with Crippen LogP contribution in [0.25, 0.3) is 0 Å². The second-order valence-corrected chi connectivity index (χ2v) is 7.64. The molecule has 164 valence electrons. The van der Waals surface area contributed by atoms with Gasteiger partial charge in [0.2, 0.25) is 5.91 Å². The van der Waals surface area contributed by atoms with Crippen molar-refractivity contribution in [3.05, 3.63) is 52.9 Å². The number of furan rings is 1. The Morgan fingerprint density at radius 2 is 2.06 bits per heavy atom. The third kappa shape index (κ3) is 6.08. The molecule has 0 aliphatic carbocycles. The van der Waals surface area contributed by atoms with Crippen LogP contribution >= 0.6 is 11.3 Å². The molecule has 3 rings (SSSR count). The van der Waals surface area contributed by atoms with Crippen molar-refractivity contribution in [2.75, 3.05) is 24.4 Å². The number of carbonyl (C=O) groups excluding carboxylic acids is 2. The number of anilines is 2. The van der Waals surface area contributed by atoms with Crippen LogP contribution in [0.4, 0.5) is 10.8 Å². The van der Waals surface area contributed by atoms with Crippen LogP contribution in [0.3, 0.4) is 0 Å². The molecule has 0 saturated heterocycles. The first-order valence-corrected chi connectivity index (χ1v) is 10.8. The Morgan fingerprint density at radius 3 is 2.77 bits per heavy atom. The van der Waals surface area contributed by atoms with Gasteiger partial charge in [0.15, 0.2) is 5.13 Å². The Morgan fingerprint density at radius 1 is 1.23 bits per heavy atom. The molecule has 0 fully saturated rings. The zero-order valence-electron chi connectivity index (χ0n) is 17.7. The van der Waals surface area contributed by atoms with E-state index in [0.29, 0.717) is 45.9 Å². The van der Waals surface area contributed by atoms with Gasteiger partial charge in [-0.15, -0.1) is 11.3 Å². The van der Waals surface area contributed by atoms with Crippen LogP contribution in [0.5, 0.6) is 11.5 Å². The SMILES string of the molecule is CCCCOc1ccc(OC)cc1NC(=O)Cc1csc(NC(=O)c2ccoc2C)n1. The molecule has 2 aromatic heterocycles. The second kappa shape index (κ2) is 10.6. The predicted molar refractivity (Wildman–Crippen MR) is 119 cm³/mol. The first kappa shape index (κ1) is 22.4. The molecule has 8 nitrogen and oxygen atoms in total. The lowest BCUT2D eigenvalue weighted by molar-refractivity contribution is -0.115. The molecule has 2 N–H and O–H groups in total. The van der Waals surface area contributed by atoms with Gasteiger partial charge in [-0.25, -0.2) is 4.98 Å². The highest BCUT2D eigenvalue weighted by Crippen LogP contribution is 2.30. The number of ether oxygens (including phenoxy) is 2. The smallest absolute Gasteiger partial charge is 0.260 e. The normalized spacial score (nSPS) is 10.5. The molecule has 0 unspecified atom stereocenters. The number of unbranched alkanes of at least 4 members (excludes halogenated alkanes) is 1. The standard InChI is InChI=1S/C22H25N3O5S/c1-4-5-9-30-19-7-6-16(28-3)12-18(19)24-20(26)11-15-13-31-22(23-15)25-21(27)17-8-10-29-14(17)2/h6-8,10,12-13H,4-5,9,11H2,1-3H3,(H,24,26)(H,23,25,27). The molecule has 2 amide bonds. The molecule has 0 bridgehead atoms.